The van der Waals surface area contributed by atoms with Crippen LogP contribution in [0.5, 0.6) is 0 Å². The molecule has 11 heteroatoms. The van der Waals surface area contributed by atoms with E-state index in [1.807, 2.05) is 37.3 Å². The molecule has 5 rings (SSSR count). The molecule has 0 unspecified atom stereocenters. The van der Waals surface area contributed by atoms with Crippen LogP contribution in [0.2, 0.25) is 0 Å². The van der Waals surface area contributed by atoms with Gasteiger partial charge in [0.25, 0.3) is 11.8 Å². The van der Waals surface area contributed by atoms with Gasteiger partial charge in [-0.2, -0.15) is 15.1 Å². The third kappa shape index (κ3) is 3.22. The molecule has 1 saturated heterocycles. The minimum absolute atomic E-state index is 0.363. The van der Waals surface area contributed by atoms with Gasteiger partial charge in [0.05, 0.1) is 18.9 Å². The van der Waals surface area contributed by atoms with Crippen LogP contribution in [0.1, 0.15) is 5.82 Å². The average Bonchev–Trinajstić information content (AvgIpc) is 3.45. The molecule has 0 N–H and O–H groups in total. The Hall–Kier alpha value is -3.60. The average molecular weight is 407 g/mol. The lowest BCUT2D eigenvalue weighted by molar-refractivity contribution is 0.122. The predicted octanol–water partition coefficient (Wildman–Crippen LogP) is 1.47. The summed E-state index contributed by atoms with van der Waals surface area (Å²) in [6.45, 7) is 4.47. The molecular weight excluding hydrogens is 386 g/mol. The Morgan fingerprint density at radius 3 is 2.53 bits per heavy atom. The van der Waals surface area contributed by atoms with Crippen molar-refractivity contribution in [1.29, 1.82) is 0 Å². The molecule has 1 aliphatic rings. The minimum atomic E-state index is 0.363. The summed E-state index contributed by atoms with van der Waals surface area (Å²) in [5.74, 6) is 2.13. The zero-order valence-corrected chi connectivity index (χ0v) is 17.0. The normalized spacial score (nSPS) is 14.4. The van der Waals surface area contributed by atoms with Crippen LogP contribution in [0.15, 0.2) is 29.0 Å². The second-order valence-corrected chi connectivity index (χ2v) is 7.16. The highest BCUT2D eigenvalue weighted by atomic mass is 16.5. The monoisotopic (exact) mass is 407 g/mol. The first-order chi connectivity index (χ1) is 14.6. The van der Waals surface area contributed by atoms with Crippen molar-refractivity contribution in [3.05, 3.63) is 30.4 Å². The first-order valence-electron chi connectivity index (χ1n) is 9.63. The highest BCUT2D eigenvalue weighted by molar-refractivity contribution is 5.97. The van der Waals surface area contributed by atoms with E-state index in [9.17, 15) is 0 Å². The van der Waals surface area contributed by atoms with Gasteiger partial charge in [0, 0.05) is 39.6 Å². The van der Waals surface area contributed by atoms with Gasteiger partial charge in [0.15, 0.2) is 11.6 Å². The molecule has 0 bridgehead atoms. The van der Waals surface area contributed by atoms with E-state index < -0.39 is 0 Å². The number of rotatable bonds is 4. The summed E-state index contributed by atoms with van der Waals surface area (Å²) in [4.78, 5) is 22.9. The molecule has 0 amide bonds. The van der Waals surface area contributed by atoms with Gasteiger partial charge in [-0.25, -0.2) is 14.6 Å². The highest BCUT2D eigenvalue weighted by Crippen LogP contribution is 2.33. The molecule has 11 nitrogen and oxygen atoms in total. The Balaban J connectivity index is 1.79. The number of fused-ring (bicyclic) bond motifs is 1. The van der Waals surface area contributed by atoms with Crippen LogP contribution in [0, 0.1) is 6.92 Å². The van der Waals surface area contributed by atoms with E-state index in [0.29, 0.717) is 55.2 Å². The largest absolute Gasteiger partial charge is 0.378 e. The Labute approximate surface area is 172 Å². The summed E-state index contributed by atoms with van der Waals surface area (Å²) < 4.78 is 12.6. The summed E-state index contributed by atoms with van der Waals surface area (Å²) in [5.41, 5.74) is 2.85. The third-order valence-electron chi connectivity index (χ3n) is 4.85. The zero-order valence-electron chi connectivity index (χ0n) is 17.0. The lowest BCUT2D eigenvalue weighted by atomic mass is 10.2. The molecule has 0 aliphatic carbocycles. The van der Waals surface area contributed by atoms with Crippen molar-refractivity contribution in [3.63, 3.8) is 0 Å². The van der Waals surface area contributed by atoms with E-state index in [4.69, 9.17) is 24.2 Å². The zero-order chi connectivity index (χ0) is 20.7. The molecule has 1 fully saturated rings. The second kappa shape index (κ2) is 7.34. The maximum Gasteiger partial charge on any atom is 0.276 e. The Morgan fingerprint density at radius 1 is 1.03 bits per heavy atom. The van der Waals surface area contributed by atoms with E-state index in [2.05, 4.69) is 20.1 Å². The fourth-order valence-corrected chi connectivity index (χ4v) is 3.40. The Morgan fingerprint density at radius 2 is 1.87 bits per heavy atom. The maximum absolute atomic E-state index is 5.53. The van der Waals surface area contributed by atoms with Crippen LogP contribution in [0.25, 0.3) is 28.6 Å². The predicted molar refractivity (Wildman–Crippen MR) is 110 cm³/mol. The minimum Gasteiger partial charge on any atom is -0.378 e. The Kier molecular flexibility index (Phi) is 4.51. The van der Waals surface area contributed by atoms with Gasteiger partial charge in [0.1, 0.15) is 16.7 Å². The van der Waals surface area contributed by atoms with Crippen molar-refractivity contribution < 1.29 is 9.26 Å². The molecular formula is C19H21N9O2. The van der Waals surface area contributed by atoms with Crippen molar-refractivity contribution >= 4 is 22.5 Å². The van der Waals surface area contributed by atoms with E-state index in [-0.39, 0.29) is 0 Å². The van der Waals surface area contributed by atoms with E-state index in [1.165, 1.54) is 0 Å². The molecule has 0 saturated carbocycles. The van der Waals surface area contributed by atoms with Gasteiger partial charge in [-0.3, -0.25) is 0 Å². The number of aromatic nitrogens is 7. The van der Waals surface area contributed by atoms with Crippen molar-refractivity contribution in [3.8, 4) is 17.5 Å². The molecule has 1 aliphatic heterocycles. The lowest BCUT2D eigenvalue weighted by Gasteiger charge is -2.29. The van der Waals surface area contributed by atoms with Crippen LogP contribution in [0.3, 0.4) is 0 Å². The number of hydrogen-bond acceptors (Lipinski definition) is 10. The number of pyridine rings is 1. The van der Waals surface area contributed by atoms with Crippen molar-refractivity contribution in [1.82, 2.24) is 34.9 Å². The van der Waals surface area contributed by atoms with Crippen LogP contribution in [-0.4, -0.2) is 75.3 Å². The first kappa shape index (κ1) is 18.4. The molecule has 4 aromatic heterocycles. The van der Waals surface area contributed by atoms with Crippen LogP contribution in [-0.2, 0) is 4.74 Å². The lowest BCUT2D eigenvalue weighted by Crippen LogP contribution is -2.37. The number of aryl methyl sites for hydroxylation is 1. The molecule has 5 heterocycles. The summed E-state index contributed by atoms with van der Waals surface area (Å²) in [6.07, 6.45) is 3.52. The smallest absolute Gasteiger partial charge is 0.276 e. The molecule has 154 valence electrons. The van der Waals surface area contributed by atoms with Crippen LogP contribution >= 0.6 is 0 Å². The summed E-state index contributed by atoms with van der Waals surface area (Å²) >= 11 is 0. The van der Waals surface area contributed by atoms with E-state index in [1.54, 1.807) is 17.8 Å². The quantitative estimate of drug-likeness (QED) is 0.493. The highest BCUT2D eigenvalue weighted by Gasteiger charge is 2.23. The molecule has 0 spiro atoms. The van der Waals surface area contributed by atoms with Gasteiger partial charge in [-0.15, -0.1) is 0 Å². The van der Waals surface area contributed by atoms with Gasteiger partial charge >= 0.3 is 0 Å². The van der Waals surface area contributed by atoms with Crippen LogP contribution in [0.4, 0.5) is 11.5 Å². The van der Waals surface area contributed by atoms with Gasteiger partial charge in [-0.1, -0.05) is 5.16 Å². The second-order valence-electron chi connectivity index (χ2n) is 7.16. The Bertz CT molecular complexity index is 1180. The van der Waals surface area contributed by atoms with Crippen LogP contribution < -0.4 is 9.80 Å². The fourth-order valence-electron chi connectivity index (χ4n) is 3.40. The van der Waals surface area contributed by atoms with E-state index >= 15 is 0 Å². The van der Waals surface area contributed by atoms with Crippen molar-refractivity contribution in [2.24, 2.45) is 0 Å². The fraction of sp³-hybridized carbons (Fsp3) is 0.368. The third-order valence-corrected chi connectivity index (χ3v) is 4.85. The number of morpholine rings is 1. The summed E-state index contributed by atoms with van der Waals surface area (Å²) in [7, 11) is 3.92. The molecule has 0 aromatic carbocycles. The standard InChI is InChI=1S/C19H21N9O2/c1-12-21-18(30-25-12)13-11-14(26(2)3)15-16(22-13)17(27-7-9-29-10-8-27)24-19(23-15)28-6-4-5-20-28/h4-6,11H,7-10H2,1-3H3. The van der Waals surface area contributed by atoms with Crippen molar-refractivity contribution in [2.45, 2.75) is 6.92 Å². The molecule has 0 atom stereocenters. The molecule has 0 radical (unpaired) electrons. The van der Waals surface area contributed by atoms with Gasteiger partial charge in [0.2, 0.25) is 0 Å². The first-order valence-corrected chi connectivity index (χ1v) is 9.63. The maximum atomic E-state index is 5.53. The molecule has 4 aromatic rings. The number of anilines is 2. The SMILES string of the molecule is Cc1noc(-c2cc(N(C)C)c3nc(-n4cccn4)nc(N4CCOCC4)c3n2)n1. The number of ether oxygens (including phenoxy) is 1. The molecule has 30 heavy (non-hydrogen) atoms. The van der Waals surface area contributed by atoms with Gasteiger partial charge < -0.3 is 19.1 Å². The van der Waals surface area contributed by atoms with Gasteiger partial charge in [-0.05, 0) is 19.1 Å². The topological polar surface area (TPSA) is 111 Å². The summed E-state index contributed by atoms with van der Waals surface area (Å²) in [6, 6.07) is 3.74. The van der Waals surface area contributed by atoms with E-state index in [0.717, 1.165) is 17.0 Å². The van der Waals surface area contributed by atoms with Crippen molar-refractivity contribution in [2.75, 3.05) is 50.2 Å². The number of nitrogens with zero attached hydrogens (tertiary/aromatic N) is 9. The summed E-state index contributed by atoms with van der Waals surface area (Å²) in [5, 5.41) is 8.20. The number of hydrogen-bond donors (Lipinski definition) is 0.